The normalized spacial score (nSPS) is 25.9. The topological polar surface area (TPSA) is 35.8 Å². The molecule has 2 aliphatic carbocycles. The summed E-state index contributed by atoms with van der Waals surface area (Å²) >= 11 is 0. The number of hydrogen-bond acceptors (Lipinski definition) is 2. The van der Waals surface area contributed by atoms with Crippen molar-refractivity contribution in [2.45, 2.75) is 38.1 Å². The summed E-state index contributed by atoms with van der Waals surface area (Å²) in [5, 5.41) is 12.3. The second kappa shape index (κ2) is 3.45. The van der Waals surface area contributed by atoms with Crippen LogP contribution in [-0.2, 0) is 0 Å². The van der Waals surface area contributed by atoms with Crippen LogP contribution < -0.4 is 5.32 Å². The molecule has 66 valence electrons. The Balaban J connectivity index is 1.70. The molecular formula is C10H16N2. The highest BCUT2D eigenvalue weighted by Gasteiger charge is 2.29. The molecule has 2 nitrogen and oxygen atoms in total. The number of rotatable bonds is 4. The molecule has 0 spiro atoms. The van der Waals surface area contributed by atoms with Gasteiger partial charge in [-0.1, -0.05) is 6.42 Å². The Morgan fingerprint density at radius 3 is 2.50 bits per heavy atom. The minimum atomic E-state index is 0.152. The van der Waals surface area contributed by atoms with E-state index in [1.54, 1.807) is 0 Å². The Morgan fingerprint density at radius 2 is 2.08 bits per heavy atom. The maximum Gasteiger partial charge on any atom is 0.0981 e. The molecule has 2 aliphatic rings. The van der Waals surface area contributed by atoms with Gasteiger partial charge in [-0.05, 0) is 44.1 Å². The molecular weight excluding hydrogens is 148 g/mol. The molecule has 0 aliphatic heterocycles. The van der Waals surface area contributed by atoms with Crippen molar-refractivity contribution in [1.82, 2.24) is 5.32 Å². The largest absolute Gasteiger partial charge is 0.301 e. The minimum Gasteiger partial charge on any atom is -0.301 e. The summed E-state index contributed by atoms with van der Waals surface area (Å²) in [6, 6.07) is 2.53. The lowest BCUT2D eigenvalue weighted by atomic mass is 9.80. The van der Waals surface area contributed by atoms with E-state index in [0.717, 1.165) is 12.5 Å². The zero-order valence-electron chi connectivity index (χ0n) is 7.42. The average molecular weight is 164 g/mol. The predicted molar refractivity (Wildman–Crippen MR) is 47.5 cm³/mol. The molecule has 12 heavy (non-hydrogen) atoms. The van der Waals surface area contributed by atoms with Gasteiger partial charge in [-0.3, -0.25) is 0 Å². The van der Waals surface area contributed by atoms with Crippen LogP contribution in [0.2, 0.25) is 0 Å². The van der Waals surface area contributed by atoms with E-state index in [1.165, 1.54) is 32.1 Å². The summed E-state index contributed by atoms with van der Waals surface area (Å²) in [5.74, 6) is 1.55. The highest BCUT2D eigenvalue weighted by Crippen LogP contribution is 2.31. The van der Waals surface area contributed by atoms with Crippen molar-refractivity contribution in [3.63, 3.8) is 0 Å². The van der Waals surface area contributed by atoms with Gasteiger partial charge < -0.3 is 5.32 Å². The molecule has 0 saturated heterocycles. The van der Waals surface area contributed by atoms with Gasteiger partial charge in [0.05, 0.1) is 12.1 Å². The van der Waals surface area contributed by atoms with Gasteiger partial charge in [-0.15, -0.1) is 0 Å². The monoisotopic (exact) mass is 164 g/mol. The molecule has 1 atom stereocenters. The van der Waals surface area contributed by atoms with Crippen molar-refractivity contribution >= 4 is 0 Å². The summed E-state index contributed by atoms with van der Waals surface area (Å²) < 4.78 is 0. The van der Waals surface area contributed by atoms with Crippen LogP contribution >= 0.6 is 0 Å². The van der Waals surface area contributed by atoms with E-state index in [4.69, 9.17) is 5.26 Å². The third-order valence-corrected chi connectivity index (χ3v) is 3.08. The van der Waals surface area contributed by atoms with Crippen molar-refractivity contribution in [3.8, 4) is 6.07 Å². The van der Waals surface area contributed by atoms with E-state index >= 15 is 0 Å². The third-order valence-electron chi connectivity index (χ3n) is 3.08. The van der Waals surface area contributed by atoms with E-state index < -0.39 is 0 Å². The van der Waals surface area contributed by atoms with Crippen LogP contribution in [0.3, 0.4) is 0 Å². The van der Waals surface area contributed by atoms with E-state index in [9.17, 15) is 0 Å². The van der Waals surface area contributed by atoms with Gasteiger partial charge in [0.15, 0.2) is 0 Å². The SMILES string of the molecule is N#CC(NCC1CC1)C1CCC1. The van der Waals surface area contributed by atoms with E-state index in [-0.39, 0.29) is 6.04 Å². The van der Waals surface area contributed by atoms with Crippen molar-refractivity contribution < 1.29 is 0 Å². The van der Waals surface area contributed by atoms with Crippen LogP contribution in [0.4, 0.5) is 0 Å². The third kappa shape index (κ3) is 1.78. The Labute approximate surface area is 74.0 Å². The van der Waals surface area contributed by atoms with Crippen LogP contribution in [-0.4, -0.2) is 12.6 Å². The first kappa shape index (κ1) is 8.07. The second-order valence-electron chi connectivity index (χ2n) is 4.15. The summed E-state index contributed by atoms with van der Waals surface area (Å²) in [6.45, 7) is 1.08. The van der Waals surface area contributed by atoms with Gasteiger partial charge >= 0.3 is 0 Å². The van der Waals surface area contributed by atoms with Crippen molar-refractivity contribution in [2.75, 3.05) is 6.54 Å². The van der Waals surface area contributed by atoms with E-state index in [2.05, 4.69) is 11.4 Å². The second-order valence-corrected chi connectivity index (χ2v) is 4.15. The standard InChI is InChI=1S/C10H16N2/c11-6-10(9-2-1-3-9)12-7-8-4-5-8/h8-10,12H,1-5,7H2. The molecule has 0 aromatic rings. The fourth-order valence-electron chi connectivity index (χ4n) is 1.71. The van der Waals surface area contributed by atoms with Crippen LogP contribution in [0, 0.1) is 23.2 Å². The number of hydrogen-bond donors (Lipinski definition) is 1. The first-order valence-corrected chi connectivity index (χ1v) is 5.03. The molecule has 1 N–H and O–H groups in total. The van der Waals surface area contributed by atoms with Crippen LogP contribution in [0.1, 0.15) is 32.1 Å². The predicted octanol–water partition coefficient (Wildman–Crippen LogP) is 1.68. The molecule has 0 bridgehead atoms. The molecule has 0 aromatic carbocycles. The summed E-state index contributed by atoms with van der Waals surface area (Å²) in [4.78, 5) is 0. The van der Waals surface area contributed by atoms with Gasteiger partial charge in [-0.25, -0.2) is 0 Å². The van der Waals surface area contributed by atoms with Crippen molar-refractivity contribution in [2.24, 2.45) is 11.8 Å². The quantitative estimate of drug-likeness (QED) is 0.686. The Kier molecular flexibility index (Phi) is 2.32. The Bertz CT molecular complexity index is 187. The number of nitriles is 1. The Morgan fingerprint density at radius 1 is 1.33 bits per heavy atom. The lowest BCUT2D eigenvalue weighted by Crippen LogP contribution is -2.39. The number of nitrogens with zero attached hydrogens (tertiary/aromatic N) is 1. The molecule has 2 heteroatoms. The zero-order valence-corrected chi connectivity index (χ0v) is 7.42. The molecule has 2 rings (SSSR count). The summed E-state index contributed by atoms with van der Waals surface area (Å²) in [5.41, 5.74) is 0. The van der Waals surface area contributed by atoms with Gasteiger partial charge in [-0.2, -0.15) is 5.26 Å². The van der Waals surface area contributed by atoms with Gasteiger partial charge in [0, 0.05) is 0 Å². The molecule has 0 heterocycles. The van der Waals surface area contributed by atoms with E-state index in [0.29, 0.717) is 5.92 Å². The average Bonchev–Trinajstić information content (AvgIpc) is 2.76. The number of nitrogens with one attached hydrogen (secondary N) is 1. The first-order valence-electron chi connectivity index (χ1n) is 5.03. The lowest BCUT2D eigenvalue weighted by molar-refractivity contribution is 0.262. The van der Waals surface area contributed by atoms with Gasteiger partial charge in [0.25, 0.3) is 0 Å². The molecule has 0 radical (unpaired) electrons. The lowest BCUT2D eigenvalue weighted by Gasteiger charge is -2.30. The fraction of sp³-hybridized carbons (Fsp3) is 0.900. The highest BCUT2D eigenvalue weighted by atomic mass is 14.9. The van der Waals surface area contributed by atoms with E-state index in [1.807, 2.05) is 0 Å². The molecule has 0 amide bonds. The highest BCUT2D eigenvalue weighted by molar-refractivity contribution is 4.98. The first-order chi connectivity index (χ1) is 5.90. The molecule has 0 aromatic heterocycles. The van der Waals surface area contributed by atoms with Gasteiger partial charge in [0.1, 0.15) is 0 Å². The van der Waals surface area contributed by atoms with Crippen LogP contribution in [0.25, 0.3) is 0 Å². The molecule has 2 fully saturated rings. The minimum absolute atomic E-state index is 0.152. The molecule has 2 saturated carbocycles. The maximum absolute atomic E-state index is 8.88. The maximum atomic E-state index is 8.88. The van der Waals surface area contributed by atoms with Crippen molar-refractivity contribution in [3.05, 3.63) is 0 Å². The molecule has 1 unspecified atom stereocenters. The summed E-state index contributed by atoms with van der Waals surface area (Å²) in [7, 11) is 0. The smallest absolute Gasteiger partial charge is 0.0981 e. The summed E-state index contributed by atoms with van der Waals surface area (Å²) in [6.07, 6.45) is 6.59. The zero-order chi connectivity index (χ0) is 8.39. The van der Waals surface area contributed by atoms with Gasteiger partial charge in [0.2, 0.25) is 0 Å². The van der Waals surface area contributed by atoms with Crippen molar-refractivity contribution in [1.29, 1.82) is 5.26 Å². The van der Waals surface area contributed by atoms with Crippen LogP contribution in [0.5, 0.6) is 0 Å². The fourth-order valence-corrected chi connectivity index (χ4v) is 1.71. The Hall–Kier alpha value is -0.550. The van der Waals surface area contributed by atoms with Crippen LogP contribution in [0.15, 0.2) is 0 Å².